The number of quaternary nitrogens is 1. The lowest BCUT2D eigenvalue weighted by molar-refractivity contribution is -0.918. The molecule has 8 heteroatoms. The molecule has 0 aliphatic carbocycles. The van der Waals surface area contributed by atoms with Crippen LogP contribution in [0.1, 0.15) is 23.2 Å². The van der Waals surface area contributed by atoms with Gasteiger partial charge in [0.25, 0.3) is 0 Å². The summed E-state index contributed by atoms with van der Waals surface area (Å²) >= 11 is 0. The minimum absolute atomic E-state index is 0. The summed E-state index contributed by atoms with van der Waals surface area (Å²) in [4.78, 5) is 5.64. The van der Waals surface area contributed by atoms with Crippen molar-refractivity contribution in [2.24, 2.45) is 0 Å². The molecule has 1 aliphatic rings. The van der Waals surface area contributed by atoms with Gasteiger partial charge in [-0.15, -0.1) is 13.2 Å². The van der Waals surface area contributed by atoms with Crippen LogP contribution in [0.4, 0.5) is 13.2 Å². The second-order valence-electron chi connectivity index (χ2n) is 6.38. The minimum Gasteiger partial charge on any atom is -1.00 e. The molecular formula is C18H20ClF3N2O2. The molecule has 1 aromatic carbocycles. The number of hydrogen-bond acceptors (Lipinski definition) is 3. The second-order valence-corrected chi connectivity index (χ2v) is 6.38. The summed E-state index contributed by atoms with van der Waals surface area (Å²) in [7, 11) is 4.03. The summed E-state index contributed by atoms with van der Waals surface area (Å²) in [6.07, 6.45) is -2.32. The van der Waals surface area contributed by atoms with Gasteiger partial charge >= 0.3 is 6.36 Å². The molecule has 0 saturated carbocycles. The Hall–Kier alpha value is -1.99. The van der Waals surface area contributed by atoms with Crippen LogP contribution in [-0.2, 0) is 5.54 Å². The molecule has 1 N–H and O–H groups in total. The normalized spacial score (nSPS) is 19.3. The van der Waals surface area contributed by atoms with Gasteiger partial charge in [-0.25, -0.2) is 0 Å². The maximum atomic E-state index is 12.5. The first-order valence-electron chi connectivity index (χ1n) is 8.00. The molecular weight excluding hydrogens is 369 g/mol. The van der Waals surface area contributed by atoms with Crippen molar-refractivity contribution in [2.45, 2.75) is 25.2 Å². The van der Waals surface area contributed by atoms with Crippen LogP contribution in [-0.4, -0.2) is 32.0 Å². The molecule has 0 fully saturated rings. The molecule has 3 rings (SSSR count). The Bertz CT molecular complexity index is 783. The maximum Gasteiger partial charge on any atom is 0.573 e. The van der Waals surface area contributed by atoms with E-state index in [2.05, 4.69) is 9.72 Å². The molecule has 4 nitrogen and oxygen atoms in total. The van der Waals surface area contributed by atoms with E-state index in [-0.39, 0.29) is 18.2 Å². The predicted molar refractivity (Wildman–Crippen MR) is 85.8 cm³/mol. The van der Waals surface area contributed by atoms with E-state index in [1.54, 1.807) is 25.3 Å². The molecule has 0 radical (unpaired) electrons. The number of rotatable bonds is 3. The zero-order valence-electron chi connectivity index (χ0n) is 14.7. The van der Waals surface area contributed by atoms with Crippen LogP contribution in [0.25, 0.3) is 0 Å². The lowest BCUT2D eigenvalue weighted by Crippen LogP contribution is -3.14. The molecule has 2 aromatic rings. The third-order valence-corrected chi connectivity index (χ3v) is 4.66. The summed E-state index contributed by atoms with van der Waals surface area (Å²) in [5, 5.41) is 0. The first kappa shape index (κ1) is 20.3. The Balaban J connectivity index is 0.00000243. The van der Waals surface area contributed by atoms with E-state index in [4.69, 9.17) is 4.74 Å². The van der Waals surface area contributed by atoms with Crippen molar-refractivity contribution in [2.75, 3.05) is 20.7 Å². The van der Waals surface area contributed by atoms with Crippen molar-refractivity contribution in [3.05, 3.63) is 53.3 Å². The van der Waals surface area contributed by atoms with Gasteiger partial charge in [-0.05, 0) is 42.8 Å². The molecule has 26 heavy (non-hydrogen) atoms. The van der Waals surface area contributed by atoms with Crippen molar-refractivity contribution >= 4 is 0 Å². The summed E-state index contributed by atoms with van der Waals surface area (Å²) < 4.78 is 47.4. The fraction of sp³-hybridized carbons (Fsp3) is 0.389. The molecule has 0 spiro atoms. The van der Waals surface area contributed by atoms with Gasteiger partial charge in [-0.2, -0.15) is 0 Å². The van der Waals surface area contributed by atoms with E-state index in [0.717, 1.165) is 16.2 Å². The molecule has 1 aromatic heterocycles. The van der Waals surface area contributed by atoms with E-state index in [1.165, 1.54) is 6.07 Å². The van der Waals surface area contributed by atoms with E-state index in [1.807, 2.05) is 26.2 Å². The third kappa shape index (κ3) is 3.59. The number of nitrogens with one attached hydrogen (secondary N) is 1. The van der Waals surface area contributed by atoms with Crippen LogP contribution >= 0.6 is 0 Å². The van der Waals surface area contributed by atoms with Gasteiger partial charge in [0.1, 0.15) is 17.2 Å². The molecule has 2 heterocycles. The van der Waals surface area contributed by atoms with E-state index < -0.39 is 11.9 Å². The Morgan fingerprint density at radius 1 is 1.23 bits per heavy atom. The summed E-state index contributed by atoms with van der Waals surface area (Å²) in [5.74, 6) is 0.525. The predicted octanol–water partition coefficient (Wildman–Crippen LogP) is -0.537. The van der Waals surface area contributed by atoms with Gasteiger partial charge in [0, 0.05) is 18.2 Å². The topological polar surface area (TPSA) is 35.8 Å². The molecule has 1 atom stereocenters. The number of ether oxygens (including phenoxy) is 2. The third-order valence-electron chi connectivity index (χ3n) is 4.66. The highest BCUT2D eigenvalue weighted by Crippen LogP contribution is 2.39. The highest BCUT2D eigenvalue weighted by Gasteiger charge is 2.47. The molecule has 0 saturated heterocycles. The molecule has 1 aliphatic heterocycles. The van der Waals surface area contributed by atoms with Crippen LogP contribution in [0.2, 0.25) is 0 Å². The van der Waals surface area contributed by atoms with E-state index >= 15 is 0 Å². The average molecular weight is 389 g/mol. The van der Waals surface area contributed by atoms with Crippen LogP contribution in [0, 0.1) is 6.92 Å². The van der Waals surface area contributed by atoms with Crippen molar-refractivity contribution in [1.82, 2.24) is 4.98 Å². The summed E-state index contributed by atoms with van der Waals surface area (Å²) in [6, 6.07) is 8.49. The minimum atomic E-state index is -4.70. The number of fused-ring (bicyclic) bond motifs is 1. The molecule has 0 bridgehead atoms. The number of pyridine rings is 1. The monoisotopic (exact) mass is 388 g/mol. The maximum absolute atomic E-state index is 12.5. The van der Waals surface area contributed by atoms with Crippen LogP contribution in [0.15, 0.2) is 36.5 Å². The first-order valence-corrected chi connectivity index (χ1v) is 8.00. The quantitative estimate of drug-likeness (QED) is 0.767. The number of nitrogens with zero attached hydrogens (tertiary/aromatic N) is 1. The summed E-state index contributed by atoms with van der Waals surface area (Å²) in [5.41, 5.74) is 1.63. The second kappa shape index (κ2) is 7.32. The van der Waals surface area contributed by atoms with Crippen molar-refractivity contribution in [1.29, 1.82) is 0 Å². The van der Waals surface area contributed by atoms with Crippen molar-refractivity contribution < 1.29 is 40.0 Å². The zero-order chi connectivity index (χ0) is 18.2. The highest BCUT2D eigenvalue weighted by atomic mass is 35.5. The highest BCUT2D eigenvalue weighted by molar-refractivity contribution is 5.46. The number of hydrogen-bond donors (Lipinski definition) is 1. The van der Waals surface area contributed by atoms with E-state index in [9.17, 15) is 13.2 Å². The summed E-state index contributed by atoms with van der Waals surface area (Å²) in [6.45, 7) is 2.13. The largest absolute Gasteiger partial charge is 1.00 e. The first-order chi connectivity index (χ1) is 11.7. The van der Waals surface area contributed by atoms with Gasteiger partial charge in [0.2, 0.25) is 0 Å². The SMILES string of the molecule is Cc1cc(C2([NH+](C)C)CCOc3cccnc32)ccc1OC(F)(F)F.[Cl-]. The Labute approximate surface area is 156 Å². The van der Waals surface area contributed by atoms with Gasteiger partial charge < -0.3 is 26.8 Å². The smallest absolute Gasteiger partial charge is 0.573 e. The van der Waals surface area contributed by atoms with Gasteiger partial charge in [-0.3, -0.25) is 4.98 Å². The lowest BCUT2D eigenvalue weighted by atomic mass is 9.80. The number of halogens is 4. The van der Waals surface area contributed by atoms with Crippen LogP contribution in [0.5, 0.6) is 11.5 Å². The van der Waals surface area contributed by atoms with Crippen molar-refractivity contribution in [3.8, 4) is 11.5 Å². The molecule has 142 valence electrons. The van der Waals surface area contributed by atoms with Crippen LogP contribution < -0.4 is 26.8 Å². The number of aromatic nitrogens is 1. The standard InChI is InChI=1S/C18H19F3N2O2.ClH/c1-12-11-13(6-7-14(12)25-18(19,20)21)17(23(2)3)8-10-24-15-5-4-9-22-16(15)17;/h4-7,9,11H,8,10H2,1-3H3;1H. The van der Waals surface area contributed by atoms with Gasteiger partial charge in [0.15, 0.2) is 5.54 Å². The van der Waals surface area contributed by atoms with Gasteiger partial charge in [0.05, 0.1) is 20.7 Å². The molecule has 1 unspecified atom stereocenters. The van der Waals surface area contributed by atoms with E-state index in [0.29, 0.717) is 24.3 Å². The van der Waals surface area contributed by atoms with Crippen LogP contribution in [0.3, 0.4) is 0 Å². The fourth-order valence-electron chi connectivity index (χ4n) is 3.47. The van der Waals surface area contributed by atoms with Gasteiger partial charge in [-0.1, -0.05) is 0 Å². The average Bonchev–Trinajstić information content (AvgIpc) is 2.54. The Morgan fingerprint density at radius 3 is 2.58 bits per heavy atom. The Kier molecular flexibility index (Phi) is 5.73. The zero-order valence-corrected chi connectivity index (χ0v) is 15.4. The molecule has 0 amide bonds. The fourth-order valence-corrected chi connectivity index (χ4v) is 3.47. The number of benzene rings is 1. The van der Waals surface area contributed by atoms with Crippen molar-refractivity contribution in [3.63, 3.8) is 0 Å². The Morgan fingerprint density at radius 2 is 1.96 bits per heavy atom. The number of aryl methyl sites for hydroxylation is 1. The number of alkyl halides is 3. The lowest BCUT2D eigenvalue weighted by Gasteiger charge is -2.40.